The molecule has 0 spiro atoms. The second-order valence-electron chi connectivity index (χ2n) is 7.73. The van der Waals surface area contributed by atoms with Crippen LogP contribution < -0.4 is 9.62 Å². The number of nitrogens with one attached hydrogen (secondary N) is 1. The molecule has 7 nitrogen and oxygen atoms in total. The van der Waals surface area contributed by atoms with E-state index in [2.05, 4.69) is 5.32 Å². The number of likely N-dealkylation sites (N-methyl/N-ethyl adjacent to an activating group) is 1. The maximum absolute atomic E-state index is 13.3. The second-order valence-corrected chi connectivity index (χ2v) is 9.64. The van der Waals surface area contributed by atoms with Crippen molar-refractivity contribution in [2.75, 3.05) is 30.7 Å². The van der Waals surface area contributed by atoms with Gasteiger partial charge in [0.05, 0.1) is 11.9 Å². The van der Waals surface area contributed by atoms with Gasteiger partial charge in [0.25, 0.3) is 0 Å². The predicted molar refractivity (Wildman–Crippen MR) is 123 cm³/mol. The Morgan fingerprint density at radius 1 is 1.03 bits per heavy atom. The Morgan fingerprint density at radius 2 is 1.61 bits per heavy atom. The van der Waals surface area contributed by atoms with Crippen molar-refractivity contribution in [3.8, 4) is 0 Å². The van der Waals surface area contributed by atoms with Gasteiger partial charge in [-0.05, 0) is 56.0 Å². The van der Waals surface area contributed by atoms with Crippen LogP contribution in [0.2, 0.25) is 0 Å². The average molecular weight is 446 g/mol. The van der Waals surface area contributed by atoms with E-state index >= 15 is 0 Å². The van der Waals surface area contributed by atoms with Gasteiger partial charge in [0.2, 0.25) is 21.8 Å². The zero-order valence-electron chi connectivity index (χ0n) is 18.8. The Bertz CT molecular complexity index is 1000. The van der Waals surface area contributed by atoms with Crippen molar-refractivity contribution in [1.82, 2.24) is 10.2 Å². The number of anilines is 1. The lowest BCUT2D eigenvalue weighted by Gasteiger charge is -2.31. The fraction of sp³-hybridized carbons (Fsp3) is 0.391. The highest BCUT2D eigenvalue weighted by Gasteiger charge is 2.29. The minimum Gasteiger partial charge on any atom is -0.357 e. The van der Waals surface area contributed by atoms with Crippen LogP contribution in [0.3, 0.4) is 0 Å². The molecule has 0 saturated heterocycles. The van der Waals surface area contributed by atoms with E-state index in [1.807, 2.05) is 50.2 Å². The van der Waals surface area contributed by atoms with Crippen LogP contribution in [-0.4, -0.2) is 57.6 Å². The van der Waals surface area contributed by atoms with Crippen LogP contribution in [0.5, 0.6) is 0 Å². The molecule has 2 rings (SSSR count). The van der Waals surface area contributed by atoms with E-state index in [1.165, 1.54) is 11.9 Å². The largest absolute Gasteiger partial charge is 0.357 e. The molecule has 0 aliphatic rings. The number of carbonyl (C=O) groups excluding carboxylic acids is 2. The SMILES string of the molecule is CNC(=O)C(C)N(CCc1ccccc1)C(=O)CN(c1cc(C)cc(C)c1)S(C)(=O)=O. The first-order valence-electron chi connectivity index (χ1n) is 10.1. The van der Waals surface area contributed by atoms with Crippen molar-refractivity contribution < 1.29 is 18.0 Å². The molecule has 168 valence electrons. The van der Waals surface area contributed by atoms with Gasteiger partial charge >= 0.3 is 0 Å². The highest BCUT2D eigenvalue weighted by atomic mass is 32.2. The molecule has 31 heavy (non-hydrogen) atoms. The van der Waals surface area contributed by atoms with Crippen LogP contribution in [0.25, 0.3) is 0 Å². The van der Waals surface area contributed by atoms with Crippen molar-refractivity contribution in [1.29, 1.82) is 0 Å². The quantitative estimate of drug-likeness (QED) is 0.642. The number of sulfonamides is 1. The topological polar surface area (TPSA) is 86.8 Å². The first-order valence-corrected chi connectivity index (χ1v) is 12.0. The maximum Gasteiger partial charge on any atom is 0.244 e. The summed E-state index contributed by atoms with van der Waals surface area (Å²) in [5.74, 6) is -0.740. The Kier molecular flexibility index (Phi) is 8.21. The fourth-order valence-electron chi connectivity index (χ4n) is 3.49. The zero-order valence-corrected chi connectivity index (χ0v) is 19.6. The smallest absolute Gasteiger partial charge is 0.244 e. The Labute approximate surface area is 185 Å². The van der Waals surface area contributed by atoms with E-state index in [4.69, 9.17) is 0 Å². The molecular formula is C23H31N3O4S. The molecule has 0 radical (unpaired) electrons. The summed E-state index contributed by atoms with van der Waals surface area (Å²) in [6.45, 7) is 5.31. The Hall–Kier alpha value is -2.87. The Balaban J connectivity index is 2.32. The minimum absolute atomic E-state index is 0.294. The number of nitrogens with zero attached hydrogens (tertiary/aromatic N) is 2. The van der Waals surface area contributed by atoms with Crippen LogP contribution in [0, 0.1) is 13.8 Å². The lowest BCUT2D eigenvalue weighted by Crippen LogP contribution is -2.51. The highest BCUT2D eigenvalue weighted by molar-refractivity contribution is 7.92. The molecule has 8 heteroatoms. The first kappa shape index (κ1) is 24.4. The van der Waals surface area contributed by atoms with Gasteiger partial charge in [-0.2, -0.15) is 0 Å². The summed E-state index contributed by atoms with van der Waals surface area (Å²) in [7, 11) is -2.20. The Morgan fingerprint density at radius 3 is 2.13 bits per heavy atom. The fourth-order valence-corrected chi connectivity index (χ4v) is 4.32. The minimum atomic E-state index is -3.71. The van der Waals surface area contributed by atoms with Crippen LogP contribution in [0.4, 0.5) is 5.69 Å². The van der Waals surface area contributed by atoms with Gasteiger partial charge < -0.3 is 10.2 Å². The van der Waals surface area contributed by atoms with Crippen LogP contribution in [0.15, 0.2) is 48.5 Å². The number of benzene rings is 2. The molecule has 2 amide bonds. The molecule has 0 bridgehead atoms. The van der Waals surface area contributed by atoms with E-state index in [0.29, 0.717) is 18.7 Å². The average Bonchev–Trinajstić information content (AvgIpc) is 2.70. The standard InChI is InChI=1S/C23H31N3O4S/c1-17-13-18(2)15-21(14-17)26(31(5,29)30)16-22(27)25(19(3)23(28)24-4)12-11-20-9-7-6-8-10-20/h6-10,13-15,19H,11-12,16H2,1-5H3,(H,24,28). The van der Waals surface area contributed by atoms with Crippen molar-refractivity contribution in [3.05, 3.63) is 65.2 Å². The molecule has 0 heterocycles. The monoisotopic (exact) mass is 445 g/mol. The molecular weight excluding hydrogens is 414 g/mol. The summed E-state index contributed by atoms with van der Waals surface area (Å²) in [5.41, 5.74) is 3.26. The van der Waals surface area contributed by atoms with Gasteiger partial charge in [0.15, 0.2) is 0 Å². The normalized spacial score (nSPS) is 12.2. The number of hydrogen-bond acceptors (Lipinski definition) is 4. The molecule has 0 aliphatic heterocycles. The predicted octanol–water partition coefficient (Wildman–Crippen LogP) is 2.28. The summed E-state index contributed by atoms with van der Waals surface area (Å²) >= 11 is 0. The molecule has 1 unspecified atom stereocenters. The first-order chi connectivity index (χ1) is 14.5. The summed E-state index contributed by atoms with van der Waals surface area (Å²) in [6.07, 6.45) is 1.63. The lowest BCUT2D eigenvalue weighted by atomic mass is 10.1. The van der Waals surface area contributed by atoms with Crippen molar-refractivity contribution >= 4 is 27.5 Å². The van der Waals surface area contributed by atoms with E-state index in [-0.39, 0.29) is 12.5 Å². The molecule has 0 aromatic heterocycles. The molecule has 0 fully saturated rings. The van der Waals surface area contributed by atoms with Crippen molar-refractivity contribution in [3.63, 3.8) is 0 Å². The van der Waals surface area contributed by atoms with Crippen LogP contribution in [0.1, 0.15) is 23.6 Å². The van der Waals surface area contributed by atoms with Gasteiger partial charge in [0.1, 0.15) is 12.6 Å². The summed E-state index contributed by atoms with van der Waals surface area (Å²) in [4.78, 5) is 27.0. The lowest BCUT2D eigenvalue weighted by molar-refractivity contribution is -0.138. The third kappa shape index (κ3) is 6.82. The maximum atomic E-state index is 13.3. The van der Waals surface area contributed by atoms with Gasteiger partial charge in [0, 0.05) is 13.6 Å². The molecule has 2 aromatic carbocycles. The zero-order chi connectivity index (χ0) is 23.2. The highest BCUT2D eigenvalue weighted by Crippen LogP contribution is 2.22. The van der Waals surface area contributed by atoms with E-state index in [0.717, 1.165) is 27.3 Å². The van der Waals surface area contributed by atoms with Crippen LogP contribution in [-0.2, 0) is 26.0 Å². The van der Waals surface area contributed by atoms with Crippen LogP contribution >= 0.6 is 0 Å². The van der Waals surface area contributed by atoms with E-state index in [9.17, 15) is 18.0 Å². The van der Waals surface area contributed by atoms with E-state index < -0.39 is 22.0 Å². The third-order valence-electron chi connectivity index (χ3n) is 5.07. The third-order valence-corrected chi connectivity index (χ3v) is 6.21. The van der Waals surface area contributed by atoms with Gasteiger partial charge in [-0.1, -0.05) is 36.4 Å². The summed E-state index contributed by atoms with van der Waals surface area (Å²) in [6, 6.07) is 14.3. The van der Waals surface area contributed by atoms with Gasteiger partial charge in [-0.3, -0.25) is 13.9 Å². The van der Waals surface area contributed by atoms with Gasteiger partial charge in [-0.15, -0.1) is 0 Å². The number of aryl methyl sites for hydroxylation is 2. The van der Waals surface area contributed by atoms with Crippen molar-refractivity contribution in [2.24, 2.45) is 0 Å². The number of hydrogen-bond donors (Lipinski definition) is 1. The van der Waals surface area contributed by atoms with Crippen molar-refractivity contribution in [2.45, 2.75) is 33.2 Å². The summed E-state index contributed by atoms with van der Waals surface area (Å²) in [5, 5.41) is 2.56. The second kappa shape index (κ2) is 10.4. The van der Waals surface area contributed by atoms with E-state index in [1.54, 1.807) is 19.1 Å². The number of amides is 2. The summed E-state index contributed by atoms with van der Waals surface area (Å²) < 4.78 is 26.2. The number of carbonyl (C=O) groups is 2. The molecule has 0 aliphatic carbocycles. The molecule has 0 saturated carbocycles. The molecule has 2 aromatic rings. The molecule has 1 atom stereocenters. The molecule has 1 N–H and O–H groups in total. The number of rotatable bonds is 9. The van der Waals surface area contributed by atoms with Gasteiger partial charge in [-0.25, -0.2) is 8.42 Å².